The van der Waals surface area contributed by atoms with E-state index < -0.39 is 17.5 Å². The maximum Gasteiger partial charge on any atom is 0.236 e. The summed E-state index contributed by atoms with van der Waals surface area (Å²) in [5.74, 6) is -2.07. The van der Waals surface area contributed by atoms with Crippen LogP contribution in [0.25, 0.3) is 0 Å². The number of benzene rings is 1. The Hall–Kier alpha value is -1.69. The second-order valence-electron chi connectivity index (χ2n) is 3.76. The molecule has 0 bridgehead atoms. The van der Waals surface area contributed by atoms with Gasteiger partial charge in [0.2, 0.25) is 5.91 Å². The molecule has 0 spiro atoms. The Labute approximate surface area is 98.4 Å². The van der Waals surface area contributed by atoms with Gasteiger partial charge in [0.25, 0.3) is 0 Å². The van der Waals surface area contributed by atoms with Crippen LogP contribution in [0.2, 0.25) is 0 Å². The number of anilines is 1. The van der Waals surface area contributed by atoms with Crippen molar-refractivity contribution in [1.82, 2.24) is 5.32 Å². The predicted octanol–water partition coefficient (Wildman–Crippen LogP) is 0.606. The molecule has 0 unspecified atom stereocenters. The highest BCUT2D eigenvalue weighted by atomic mass is 19.1. The van der Waals surface area contributed by atoms with E-state index in [-0.39, 0.29) is 12.2 Å². The van der Waals surface area contributed by atoms with E-state index in [4.69, 9.17) is 5.73 Å². The molecular weight excluding hydrogens is 228 g/mol. The molecule has 1 aromatic rings. The Morgan fingerprint density at radius 2 is 1.94 bits per heavy atom. The van der Waals surface area contributed by atoms with Gasteiger partial charge < -0.3 is 16.0 Å². The van der Waals surface area contributed by atoms with Crippen LogP contribution in [0.3, 0.4) is 0 Å². The monoisotopic (exact) mass is 243 g/mol. The van der Waals surface area contributed by atoms with Crippen LogP contribution in [-0.2, 0) is 11.3 Å². The first-order chi connectivity index (χ1) is 7.95. The molecule has 1 aromatic carbocycles. The van der Waals surface area contributed by atoms with Crippen molar-refractivity contribution in [2.45, 2.75) is 6.54 Å². The summed E-state index contributed by atoms with van der Waals surface area (Å²) in [6, 6.07) is 2.46. The molecule has 94 valence electrons. The van der Waals surface area contributed by atoms with Crippen LogP contribution in [0.5, 0.6) is 0 Å². The number of primary amides is 1. The van der Waals surface area contributed by atoms with Crippen molar-refractivity contribution in [2.24, 2.45) is 5.73 Å². The maximum atomic E-state index is 13.7. The van der Waals surface area contributed by atoms with Crippen LogP contribution >= 0.6 is 0 Å². The van der Waals surface area contributed by atoms with E-state index in [1.165, 1.54) is 19.2 Å². The van der Waals surface area contributed by atoms with E-state index in [1.807, 2.05) is 0 Å². The number of nitrogens with zero attached hydrogens (tertiary/aromatic N) is 1. The second kappa shape index (κ2) is 5.58. The number of amides is 1. The summed E-state index contributed by atoms with van der Waals surface area (Å²) in [6.07, 6.45) is 0. The van der Waals surface area contributed by atoms with Gasteiger partial charge in [0.15, 0.2) is 0 Å². The molecule has 0 radical (unpaired) electrons. The summed E-state index contributed by atoms with van der Waals surface area (Å²) < 4.78 is 27.3. The molecular formula is C11H15F2N3O. The minimum Gasteiger partial charge on any atom is -0.368 e. The molecule has 0 heterocycles. The van der Waals surface area contributed by atoms with E-state index in [2.05, 4.69) is 5.32 Å². The first-order valence-electron chi connectivity index (χ1n) is 5.07. The highest BCUT2D eigenvalue weighted by Crippen LogP contribution is 2.23. The lowest BCUT2D eigenvalue weighted by Crippen LogP contribution is -2.31. The van der Waals surface area contributed by atoms with Crippen LogP contribution in [0, 0.1) is 11.6 Å². The highest BCUT2D eigenvalue weighted by molar-refractivity contribution is 5.79. The van der Waals surface area contributed by atoms with Crippen molar-refractivity contribution >= 4 is 11.6 Å². The van der Waals surface area contributed by atoms with Crippen molar-refractivity contribution in [1.29, 1.82) is 0 Å². The first kappa shape index (κ1) is 13.4. The first-order valence-corrected chi connectivity index (χ1v) is 5.07. The zero-order chi connectivity index (χ0) is 13.0. The molecule has 0 saturated heterocycles. The second-order valence-corrected chi connectivity index (χ2v) is 3.76. The van der Waals surface area contributed by atoms with Crippen molar-refractivity contribution in [3.63, 3.8) is 0 Å². The Morgan fingerprint density at radius 1 is 1.41 bits per heavy atom. The van der Waals surface area contributed by atoms with Crippen LogP contribution in [0.15, 0.2) is 12.1 Å². The molecule has 0 atom stereocenters. The van der Waals surface area contributed by atoms with E-state index in [0.29, 0.717) is 12.1 Å². The lowest BCUT2D eigenvalue weighted by Gasteiger charge is -2.19. The van der Waals surface area contributed by atoms with Crippen molar-refractivity contribution < 1.29 is 13.6 Å². The average molecular weight is 243 g/mol. The predicted molar refractivity (Wildman–Crippen MR) is 61.6 cm³/mol. The molecule has 1 amide bonds. The van der Waals surface area contributed by atoms with Gasteiger partial charge in [0.1, 0.15) is 17.3 Å². The van der Waals surface area contributed by atoms with E-state index in [1.54, 1.807) is 7.05 Å². The summed E-state index contributed by atoms with van der Waals surface area (Å²) in [5, 5.41) is 2.80. The van der Waals surface area contributed by atoms with Gasteiger partial charge in [0, 0.05) is 13.6 Å². The number of rotatable bonds is 5. The fourth-order valence-corrected chi connectivity index (χ4v) is 1.60. The highest BCUT2D eigenvalue weighted by Gasteiger charge is 2.16. The molecule has 0 aliphatic heterocycles. The Balaban J connectivity index is 3.04. The van der Waals surface area contributed by atoms with Crippen LogP contribution in [-0.4, -0.2) is 26.5 Å². The number of carbonyl (C=O) groups excluding carboxylic acids is 1. The van der Waals surface area contributed by atoms with Crippen molar-refractivity contribution in [2.75, 3.05) is 25.5 Å². The lowest BCUT2D eigenvalue weighted by atomic mass is 10.1. The minimum atomic E-state index is -0.709. The Morgan fingerprint density at radius 3 is 2.35 bits per heavy atom. The summed E-state index contributed by atoms with van der Waals surface area (Å²) in [5.41, 5.74) is 5.23. The lowest BCUT2D eigenvalue weighted by molar-refractivity contribution is -0.116. The molecule has 0 fully saturated rings. The van der Waals surface area contributed by atoms with Crippen LogP contribution < -0.4 is 16.0 Å². The molecule has 1 rings (SSSR count). The third-order valence-corrected chi connectivity index (χ3v) is 2.23. The number of hydrogen-bond acceptors (Lipinski definition) is 3. The molecule has 17 heavy (non-hydrogen) atoms. The van der Waals surface area contributed by atoms with Gasteiger partial charge in [-0.25, -0.2) is 8.78 Å². The van der Waals surface area contributed by atoms with E-state index >= 15 is 0 Å². The number of nitrogens with one attached hydrogen (secondary N) is 1. The van der Waals surface area contributed by atoms with Crippen molar-refractivity contribution in [3.05, 3.63) is 29.3 Å². The van der Waals surface area contributed by atoms with E-state index in [0.717, 1.165) is 4.90 Å². The van der Waals surface area contributed by atoms with Gasteiger partial charge in [0.05, 0.1) is 6.54 Å². The summed E-state index contributed by atoms with van der Waals surface area (Å²) >= 11 is 0. The molecule has 6 heteroatoms. The van der Waals surface area contributed by atoms with E-state index in [9.17, 15) is 13.6 Å². The minimum absolute atomic E-state index is 0.237. The average Bonchev–Trinajstić information content (AvgIpc) is 2.15. The molecule has 0 aliphatic rings. The fraction of sp³-hybridized carbons (Fsp3) is 0.364. The number of carbonyl (C=O) groups is 1. The number of halogens is 2. The van der Waals surface area contributed by atoms with Gasteiger partial charge >= 0.3 is 0 Å². The molecule has 3 N–H and O–H groups in total. The standard InChI is InChI=1S/C11H15F2N3O/c1-15-5-7-3-8(12)11(9(13)4-7)16(2)6-10(14)17/h3-4,15H,5-6H2,1-2H3,(H2,14,17). The zero-order valence-corrected chi connectivity index (χ0v) is 9.76. The number of likely N-dealkylation sites (N-methyl/N-ethyl adjacent to an activating group) is 1. The third kappa shape index (κ3) is 3.39. The van der Waals surface area contributed by atoms with Crippen LogP contribution in [0.4, 0.5) is 14.5 Å². The number of hydrogen-bond donors (Lipinski definition) is 2. The van der Waals surface area contributed by atoms with Gasteiger partial charge in [-0.3, -0.25) is 4.79 Å². The topological polar surface area (TPSA) is 58.4 Å². The third-order valence-electron chi connectivity index (χ3n) is 2.23. The maximum absolute atomic E-state index is 13.7. The summed E-state index contributed by atoms with van der Waals surface area (Å²) in [4.78, 5) is 11.8. The smallest absolute Gasteiger partial charge is 0.236 e. The quantitative estimate of drug-likeness (QED) is 0.796. The number of nitrogens with two attached hydrogens (primary N) is 1. The summed E-state index contributed by atoms with van der Waals surface area (Å²) in [7, 11) is 3.09. The molecule has 0 aromatic heterocycles. The van der Waals surface area contributed by atoms with Gasteiger partial charge in [-0.1, -0.05) is 0 Å². The Bertz CT molecular complexity index is 400. The summed E-state index contributed by atoms with van der Waals surface area (Å²) in [6.45, 7) is 0.132. The van der Waals surface area contributed by atoms with Gasteiger partial charge in [-0.15, -0.1) is 0 Å². The SMILES string of the molecule is CNCc1cc(F)c(N(C)CC(N)=O)c(F)c1. The van der Waals surface area contributed by atoms with Crippen molar-refractivity contribution in [3.8, 4) is 0 Å². The zero-order valence-electron chi connectivity index (χ0n) is 9.76. The fourth-order valence-electron chi connectivity index (χ4n) is 1.60. The van der Waals surface area contributed by atoms with Gasteiger partial charge in [-0.2, -0.15) is 0 Å². The van der Waals surface area contributed by atoms with Crippen LogP contribution in [0.1, 0.15) is 5.56 Å². The normalized spacial score (nSPS) is 10.4. The van der Waals surface area contributed by atoms with Gasteiger partial charge in [-0.05, 0) is 24.7 Å². The molecule has 0 aliphatic carbocycles. The molecule has 4 nitrogen and oxygen atoms in total. The largest absolute Gasteiger partial charge is 0.368 e. The Kier molecular flexibility index (Phi) is 4.39. The molecule has 0 saturated carbocycles.